The first-order valence-corrected chi connectivity index (χ1v) is 14.1. The Balaban J connectivity index is 2.87. The topological polar surface area (TPSA) is 159 Å². The molecule has 0 aliphatic heterocycles. The van der Waals surface area contributed by atoms with E-state index >= 15 is 0 Å². The second-order valence-electron chi connectivity index (χ2n) is 9.74. The molecule has 0 aliphatic rings. The number of hydrogen-bond acceptors (Lipinski definition) is 12. The zero-order valence-electron chi connectivity index (χ0n) is 25.1. The Morgan fingerprint density at radius 2 is 1.29 bits per heavy atom. The first kappa shape index (κ1) is 35.5. The molecule has 2 N–H and O–H groups in total. The molecule has 41 heavy (non-hydrogen) atoms. The van der Waals surface area contributed by atoms with Gasteiger partial charge in [0.1, 0.15) is 30.5 Å². The van der Waals surface area contributed by atoms with Crippen LogP contribution < -0.4 is 15.2 Å². The molecule has 0 heterocycles. The van der Waals surface area contributed by atoms with Crippen molar-refractivity contribution in [1.29, 1.82) is 0 Å². The van der Waals surface area contributed by atoms with Gasteiger partial charge < -0.3 is 38.9 Å². The Morgan fingerprint density at radius 1 is 0.732 bits per heavy atom. The van der Waals surface area contributed by atoms with Crippen LogP contribution in [0.2, 0.25) is 0 Å². The molecule has 0 saturated carbocycles. The van der Waals surface area contributed by atoms with E-state index in [0.29, 0.717) is 18.4 Å². The first-order valence-electron chi connectivity index (χ1n) is 14.1. The minimum Gasteiger partial charge on any atom is -0.458 e. The predicted octanol–water partition coefficient (Wildman–Crippen LogP) is 5.85. The van der Waals surface area contributed by atoms with Gasteiger partial charge in [-0.15, -0.1) is 0 Å². The summed E-state index contributed by atoms with van der Waals surface area (Å²) in [6, 6.07) is 3.24. The lowest BCUT2D eigenvalue weighted by Gasteiger charge is -2.22. The van der Waals surface area contributed by atoms with Crippen LogP contribution >= 0.6 is 0 Å². The van der Waals surface area contributed by atoms with Crippen LogP contribution in [0.15, 0.2) is 18.2 Å². The molecule has 2 unspecified atom stereocenters. The van der Waals surface area contributed by atoms with Crippen molar-refractivity contribution in [3.05, 3.63) is 23.8 Å². The lowest BCUT2D eigenvalue weighted by molar-refractivity contribution is -0.155. The summed E-state index contributed by atoms with van der Waals surface area (Å²) in [4.78, 5) is 48.9. The number of nitrogens with two attached hydrogens (primary N) is 1. The van der Waals surface area contributed by atoms with Gasteiger partial charge in [-0.2, -0.15) is 0 Å². The fourth-order valence-electron chi connectivity index (χ4n) is 3.06. The van der Waals surface area contributed by atoms with Crippen LogP contribution in [0.25, 0.3) is 0 Å². The average molecular weight is 584 g/mol. The molecule has 0 saturated heterocycles. The molecule has 0 aliphatic carbocycles. The highest BCUT2D eigenvalue weighted by Gasteiger charge is 2.26. The molecule has 12 heteroatoms. The van der Waals surface area contributed by atoms with Crippen molar-refractivity contribution >= 4 is 24.4 Å². The molecular weight excluding hydrogens is 538 g/mol. The summed E-state index contributed by atoms with van der Waals surface area (Å²) in [5, 5.41) is 0. The quantitative estimate of drug-likeness (QED) is 0.107. The largest absolute Gasteiger partial charge is 0.514 e. The molecule has 0 radical (unpaired) electrons. The average Bonchev–Trinajstić information content (AvgIpc) is 2.91. The second-order valence-corrected chi connectivity index (χ2v) is 9.74. The number of unbranched alkanes of at least 4 members (excludes halogenated alkanes) is 2. The summed E-state index contributed by atoms with van der Waals surface area (Å²) in [5.41, 5.74) is 6.55. The third-order valence-electron chi connectivity index (χ3n) is 6.11. The minimum absolute atomic E-state index is 0.00533. The number of ether oxygens (including phenoxy) is 7. The Hall–Kier alpha value is -3.54. The van der Waals surface area contributed by atoms with Crippen molar-refractivity contribution in [2.24, 2.45) is 5.73 Å². The summed E-state index contributed by atoms with van der Waals surface area (Å²) >= 11 is 0. The van der Waals surface area contributed by atoms with E-state index in [-0.39, 0.29) is 30.6 Å². The number of rotatable bonds is 16. The highest BCUT2D eigenvalue weighted by atomic mass is 16.8. The van der Waals surface area contributed by atoms with E-state index in [1.807, 2.05) is 20.8 Å². The predicted molar refractivity (Wildman–Crippen MR) is 149 cm³/mol. The normalized spacial score (nSPS) is 14.4. The summed E-state index contributed by atoms with van der Waals surface area (Å²) < 4.78 is 36.4. The van der Waals surface area contributed by atoms with Crippen LogP contribution in [-0.2, 0) is 34.9 Å². The van der Waals surface area contributed by atoms with Gasteiger partial charge in [0, 0.05) is 0 Å². The summed E-state index contributed by atoms with van der Waals surface area (Å²) in [6.07, 6.45) is -1.33. The third-order valence-corrected chi connectivity index (χ3v) is 6.11. The smallest absolute Gasteiger partial charge is 0.458 e. The van der Waals surface area contributed by atoms with Gasteiger partial charge in [0.15, 0.2) is 11.5 Å². The van der Waals surface area contributed by atoms with E-state index in [1.165, 1.54) is 12.1 Å². The van der Waals surface area contributed by atoms with Crippen LogP contribution in [-0.4, -0.2) is 61.5 Å². The molecule has 5 atom stereocenters. The fraction of sp³-hybridized carbons (Fsp3) is 0.655. The van der Waals surface area contributed by atoms with E-state index in [2.05, 4.69) is 0 Å². The molecule has 1 aromatic rings. The van der Waals surface area contributed by atoms with Crippen molar-refractivity contribution in [1.82, 2.24) is 0 Å². The summed E-state index contributed by atoms with van der Waals surface area (Å²) in [5.74, 6) is -0.939. The van der Waals surface area contributed by atoms with E-state index in [4.69, 9.17) is 38.9 Å². The van der Waals surface area contributed by atoms with Crippen molar-refractivity contribution in [3.8, 4) is 11.5 Å². The number of carbonyl (C=O) groups is 4. The Morgan fingerprint density at radius 3 is 1.85 bits per heavy atom. The lowest BCUT2D eigenvalue weighted by atomic mass is 10.1. The van der Waals surface area contributed by atoms with Crippen molar-refractivity contribution in [2.75, 3.05) is 6.61 Å². The maximum atomic E-state index is 12.6. The van der Waals surface area contributed by atoms with Gasteiger partial charge in [-0.05, 0) is 71.1 Å². The maximum absolute atomic E-state index is 12.6. The van der Waals surface area contributed by atoms with Gasteiger partial charge in [-0.25, -0.2) is 14.4 Å². The fourth-order valence-corrected chi connectivity index (χ4v) is 3.06. The van der Waals surface area contributed by atoms with E-state index in [0.717, 1.165) is 19.3 Å². The maximum Gasteiger partial charge on any atom is 0.514 e. The third kappa shape index (κ3) is 14.1. The van der Waals surface area contributed by atoms with Gasteiger partial charge in [0.2, 0.25) is 0 Å². The van der Waals surface area contributed by atoms with Crippen molar-refractivity contribution in [2.45, 2.75) is 117 Å². The summed E-state index contributed by atoms with van der Waals surface area (Å²) in [6.45, 7) is 12.5. The van der Waals surface area contributed by atoms with Crippen LogP contribution in [0.1, 0.15) is 86.1 Å². The molecule has 0 fully saturated rings. The van der Waals surface area contributed by atoms with Gasteiger partial charge in [-0.3, -0.25) is 4.79 Å². The van der Waals surface area contributed by atoms with E-state index in [1.54, 1.807) is 33.8 Å². The van der Waals surface area contributed by atoms with E-state index in [9.17, 15) is 19.2 Å². The van der Waals surface area contributed by atoms with Gasteiger partial charge in [0.05, 0.1) is 6.61 Å². The van der Waals surface area contributed by atoms with Crippen LogP contribution in [0.3, 0.4) is 0 Å². The molecule has 1 rings (SSSR count). The second kappa shape index (κ2) is 18.7. The zero-order chi connectivity index (χ0) is 30.9. The molecule has 1 aromatic carbocycles. The Kier molecular flexibility index (Phi) is 16.2. The van der Waals surface area contributed by atoms with Crippen molar-refractivity contribution in [3.63, 3.8) is 0 Å². The lowest BCUT2D eigenvalue weighted by Crippen LogP contribution is -2.39. The summed E-state index contributed by atoms with van der Waals surface area (Å²) in [7, 11) is 0. The molecule has 0 bridgehead atoms. The molecular formula is C29H45NO11. The number of esters is 1. The van der Waals surface area contributed by atoms with Gasteiger partial charge >= 0.3 is 24.4 Å². The van der Waals surface area contributed by atoms with Crippen LogP contribution in [0, 0.1) is 0 Å². The van der Waals surface area contributed by atoms with Gasteiger partial charge in [-0.1, -0.05) is 39.7 Å². The highest BCUT2D eigenvalue weighted by Crippen LogP contribution is 2.30. The highest BCUT2D eigenvalue weighted by molar-refractivity contribution is 5.76. The molecule has 12 nitrogen and oxygen atoms in total. The molecule has 0 aromatic heterocycles. The number of carbonyl (C=O) groups excluding carboxylic acids is 4. The Labute approximate surface area is 242 Å². The zero-order valence-corrected chi connectivity index (χ0v) is 25.1. The number of hydrogen-bond donors (Lipinski definition) is 1. The Bertz CT molecular complexity index is 984. The monoisotopic (exact) mass is 583 g/mol. The molecule has 0 spiro atoms. The minimum atomic E-state index is -1.10. The molecule has 232 valence electrons. The van der Waals surface area contributed by atoms with Gasteiger partial charge in [0.25, 0.3) is 0 Å². The number of benzene rings is 1. The molecule has 0 amide bonds. The van der Waals surface area contributed by atoms with E-state index < -0.39 is 48.8 Å². The SMILES string of the molecule is CCCCCOC(=O)O[C@@H](C)[C@H](C)OC(=O)[C@@H](N)Cc1ccc(OC(=O)OC(C)CC)c(OC(=O)OC(C)CC)c1. The standard InChI is InChI=1S/C29H45NO11/c1-8-11-12-15-35-27(32)39-21(7)20(6)38-26(31)23(30)16-22-13-14-24(40-28(33)36-18(4)9-2)25(17-22)41-29(34)37-19(5)10-3/h13-14,17-21,23H,8-12,15-16,30H2,1-7H3/t18?,19?,20-,21-,23-/m0/s1. The van der Waals surface area contributed by atoms with Crippen LogP contribution in [0.5, 0.6) is 11.5 Å². The van der Waals surface area contributed by atoms with Crippen LogP contribution in [0.4, 0.5) is 14.4 Å². The first-order chi connectivity index (χ1) is 19.4. The van der Waals surface area contributed by atoms with Crippen molar-refractivity contribution < 1.29 is 52.3 Å².